The number of morpholine rings is 1. The van der Waals surface area contributed by atoms with Crippen molar-refractivity contribution >= 4 is 17.5 Å². The summed E-state index contributed by atoms with van der Waals surface area (Å²) in [5.74, 6) is -1.26. The number of nitrogens with zero attached hydrogens (tertiary/aromatic N) is 1. The van der Waals surface area contributed by atoms with Gasteiger partial charge in [0.1, 0.15) is 0 Å². The fraction of sp³-hybridized carbons (Fsp3) is 0.364. The molecule has 28 heavy (non-hydrogen) atoms. The first-order valence-electron chi connectivity index (χ1n) is 9.58. The van der Waals surface area contributed by atoms with Crippen LogP contribution in [0, 0.1) is 13.8 Å². The molecule has 0 saturated carbocycles. The van der Waals surface area contributed by atoms with Crippen molar-refractivity contribution in [2.24, 2.45) is 0 Å². The van der Waals surface area contributed by atoms with Crippen LogP contribution in [0.15, 0.2) is 48.5 Å². The van der Waals surface area contributed by atoms with Crippen LogP contribution >= 0.6 is 0 Å². The Bertz CT molecular complexity index is 823. The van der Waals surface area contributed by atoms with Crippen molar-refractivity contribution in [2.45, 2.75) is 20.0 Å². The summed E-state index contributed by atoms with van der Waals surface area (Å²) in [6.07, 6.45) is 0.0400. The minimum absolute atomic E-state index is 0.0400. The van der Waals surface area contributed by atoms with Crippen LogP contribution in [0.1, 0.15) is 22.8 Å². The van der Waals surface area contributed by atoms with Crippen LogP contribution in [0.5, 0.6) is 0 Å². The Hall–Kier alpha value is -2.70. The van der Waals surface area contributed by atoms with Gasteiger partial charge in [-0.2, -0.15) is 0 Å². The normalized spacial score (nSPS) is 17.1. The van der Waals surface area contributed by atoms with Crippen molar-refractivity contribution in [3.05, 3.63) is 65.2 Å². The molecule has 0 bridgehead atoms. The van der Waals surface area contributed by atoms with E-state index >= 15 is 0 Å². The highest BCUT2D eigenvalue weighted by molar-refractivity contribution is 6.39. The highest BCUT2D eigenvalue weighted by Crippen LogP contribution is 2.21. The van der Waals surface area contributed by atoms with Crippen LogP contribution in [-0.2, 0) is 14.3 Å². The molecule has 0 aromatic heterocycles. The Morgan fingerprint density at radius 2 is 1.89 bits per heavy atom. The van der Waals surface area contributed by atoms with Crippen LogP contribution in [0.25, 0.3) is 0 Å². The zero-order valence-electron chi connectivity index (χ0n) is 16.4. The van der Waals surface area contributed by atoms with Crippen LogP contribution < -0.4 is 10.6 Å². The lowest BCUT2D eigenvalue weighted by Crippen LogP contribution is -2.44. The van der Waals surface area contributed by atoms with Gasteiger partial charge in [-0.15, -0.1) is 0 Å². The average molecular weight is 381 g/mol. The molecular formula is C22H27N3O3. The van der Waals surface area contributed by atoms with E-state index in [1.54, 1.807) is 0 Å². The molecule has 3 rings (SSSR count). The highest BCUT2D eigenvalue weighted by atomic mass is 16.5. The lowest BCUT2D eigenvalue weighted by molar-refractivity contribution is -0.136. The van der Waals surface area contributed by atoms with Gasteiger partial charge in [0, 0.05) is 31.9 Å². The first kappa shape index (κ1) is 20.0. The molecule has 0 aliphatic carbocycles. The third kappa shape index (κ3) is 5.41. The molecule has 6 heteroatoms. The van der Waals surface area contributed by atoms with Crippen molar-refractivity contribution in [2.75, 3.05) is 38.1 Å². The number of anilines is 1. The monoisotopic (exact) mass is 381 g/mol. The van der Waals surface area contributed by atoms with Gasteiger partial charge in [-0.25, -0.2) is 0 Å². The number of hydrogen-bond acceptors (Lipinski definition) is 4. The van der Waals surface area contributed by atoms with Gasteiger partial charge in [0.25, 0.3) is 0 Å². The summed E-state index contributed by atoms with van der Waals surface area (Å²) in [6.45, 7) is 7.17. The highest BCUT2D eigenvalue weighted by Gasteiger charge is 2.22. The maximum Gasteiger partial charge on any atom is 0.313 e. The first-order valence-corrected chi connectivity index (χ1v) is 9.58. The molecule has 0 unspecified atom stereocenters. The smallest absolute Gasteiger partial charge is 0.313 e. The van der Waals surface area contributed by atoms with Gasteiger partial charge in [-0.1, -0.05) is 42.5 Å². The summed E-state index contributed by atoms with van der Waals surface area (Å²) >= 11 is 0. The van der Waals surface area contributed by atoms with E-state index in [1.165, 1.54) is 0 Å². The van der Waals surface area contributed by atoms with E-state index in [2.05, 4.69) is 27.7 Å². The molecule has 1 saturated heterocycles. The predicted octanol–water partition coefficient (Wildman–Crippen LogP) is 2.43. The summed E-state index contributed by atoms with van der Waals surface area (Å²) in [6, 6.07) is 15.9. The zero-order valence-corrected chi connectivity index (χ0v) is 16.4. The molecule has 148 valence electrons. The van der Waals surface area contributed by atoms with Crippen molar-refractivity contribution in [3.63, 3.8) is 0 Å². The number of amides is 2. The topological polar surface area (TPSA) is 70.7 Å². The number of hydrogen-bond donors (Lipinski definition) is 2. The molecule has 1 aliphatic heterocycles. The second kappa shape index (κ2) is 9.48. The minimum Gasteiger partial charge on any atom is -0.371 e. The maximum absolute atomic E-state index is 12.1. The molecule has 2 N–H and O–H groups in total. The van der Waals surface area contributed by atoms with Crippen LogP contribution in [0.3, 0.4) is 0 Å². The number of aryl methyl sites for hydroxylation is 2. The van der Waals surface area contributed by atoms with E-state index in [0.717, 1.165) is 29.8 Å². The predicted molar refractivity (Wildman–Crippen MR) is 109 cm³/mol. The number of ether oxygens (including phenoxy) is 1. The van der Waals surface area contributed by atoms with Gasteiger partial charge >= 0.3 is 11.8 Å². The van der Waals surface area contributed by atoms with Gasteiger partial charge < -0.3 is 15.4 Å². The largest absolute Gasteiger partial charge is 0.371 e. The fourth-order valence-electron chi connectivity index (χ4n) is 3.23. The molecule has 1 atom stereocenters. The van der Waals surface area contributed by atoms with E-state index in [-0.39, 0.29) is 6.10 Å². The van der Waals surface area contributed by atoms with Crippen LogP contribution in [-0.4, -0.2) is 49.5 Å². The summed E-state index contributed by atoms with van der Waals surface area (Å²) in [7, 11) is 0. The van der Waals surface area contributed by atoms with E-state index < -0.39 is 11.8 Å². The Balaban J connectivity index is 1.44. The summed E-state index contributed by atoms with van der Waals surface area (Å²) in [5.41, 5.74) is 3.77. The summed E-state index contributed by atoms with van der Waals surface area (Å²) < 4.78 is 5.85. The van der Waals surface area contributed by atoms with Gasteiger partial charge in [0.15, 0.2) is 0 Å². The van der Waals surface area contributed by atoms with E-state index in [1.807, 2.05) is 50.2 Å². The third-order valence-corrected chi connectivity index (χ3v) is 4.88. The molecule has 2 aromatic rings. The fourth-order valence-corrected chi connectivity index (χ4v) is 3.23. The van der Waals surface area contributed by atoms with Crippen molar-refractivity contribution in [1.82, 2.24) is 10.2 Å². The van der Waals surface area contributed by atoms with Crippen molar-refractivity contribution in [1.29, 1.82) is 0 Å². The van der Waals surface area contributed by atoms with Crippen molar-refractivity contribution < 1.29 is 14.3 Å². The van der Waals surface area contributed by atoms with Gasteiger partial charge in [-0.3, -0.25) is 14.5 Å². The molecule has 2 aromatic carbocycles. The second-order valence-electron chi connectivity index (χ2n) is 7.10. The standard InChI is InChI=1S/C22H27N3O3/c1-16-8-9-17(2)19(14-16)24-22(27)21(26)23-10-11-25-12-13-28-20(15-25)18-6-4-3-5-7-18/h3-9,14,20H,10-13,15H2,1-2H3,(H,23,26)(H,24,27)/t20-/m0/s1. The number of carbonyl (C=O) groups excluding carboxylic acids is 2. The molecule has 1 aliphatic rings. The van der Waals surface area contributed by atoms with Crippen LogP contribution in [0.2, 0.25) is 0 Å². The quantitative estimate of drug-likeness (QED) is 0.781. The molecular weight excluding hydrogens is 354 g/mol. The molecule has 0 radical (unpaired) electrons. The third-order valence-electron chi connectivity index (χ3n) is 4.88. The Labute approximate surface area is 165 Å². The Kier molecular flexibility index (Phi) is 6.79. The lowest BCUT2D eigenvalue weighted by atomic mass is 10.1. The van der Waals surface area contributed by atoms with E-state index in [9.17, 15) is 9.59 Å². The Morgan fingerprint density at radius 1 is 1.11 bits per heavy atom. The SMILES string of the molecule is Cc1ccc(C)c(NC(=O)C(=O)NCCN2CCO[C@H](c3ccccc3)C2)c1. The number of rotatable bonds is 5. The van der Waals surface area contributed by atoms with Crippen molar-refractivity contribution in [3.8, 4) is 0 Å². The summed E-state index contributed by atoms with van der Waals surface area (Å²) in [4.78, 5) is 26.5. The Morgan fingerprint density at radius 3 is 2.68 bits per heavy atom. The lowest BCUT2D eigenvalue weighted by Gasteiger charge is -2.33. The number of benzene rings is 2. The minimum atomic E-state index is -0.641. The van der Waals surface area contributed by atoms with Gasteiger partial charge in [-0.05, 0) is 36.6 Å². The average Bonchev–Trinajstić information content (AvgIpc) is 2.71. The van der Waals surface area contributed by atoms with E-state index in [0.29, 0.717) is 25.4 Å². The number of carbonyl (C=O) groups is 2. The molecule has 6 nitrogen and oxygen atoms in total. The van der Waals surface area contributed by atoms with E-state index in [4.69, 9.17) is 4.74 Å². The van der Waals surface area contributed by atoms with Gasteiger partial charge in [0.2, 0.25) is 0 Å². The summed E-state index contributed by atoms with van der Waals surface area (Å²) in [5, 5.41) is 5.39. The van der Waals surface area contributed by atoms with Crippen LogP contribution in [0.4, 0.5) is 5.69 Å². The maximum atomic E-state index is 12.1. The molecule has 0 spiro atoms. The molecule has 1 fully saturated rings. The molecule has 2 amide bonds. The first-order chi connectivity index (χ1) is 13.5. The zero-order chi connectivity index (χ0) is 19.9. The number of nitrogens with one attached hydrogen (secondary N) is 2. The van der Waals surface area contributed by atoms with Gasteiger partial charge in [0.05, 0.1) is 12.7 Å². The second-order valence-corrected chi connectivity index (χ2v) is 7.10. The molecule has 1 heterocycles.